The molecule has 1 aromatic rings. The molecule has 0 saturated heterocycles. The first-order valence-corrected chi connectivity index (χ1v) is 10.6. The molecule has 0 radical (unpaired) electrons. The summed E-state index contributed by atoms with van der Waals surface area (Å²) in [6.45, 7) is 4.00. The number of carbonyl (C=O) groups excluding carboxylic acids is 1. The predicted molar refractivity (Wildman–Crippen MR) is 102 cm³/mol. The van der Waals surface area contributed by atoms with Gasteiger partial charge >= 0.3 is 0 Å². The number of hydrogen-bond donors (Lipinski definition) is 2. The highest BCUT2D eigenvalue weighted by Gasteiger charge is 2.45. The second kappa shape index (κ2) is 9.02. The molecule has 0 amide bonds. The van der Waals surface area contributed by atoms with E-state index in [1.165, 1.54) is 37.7 Å². The highest BCUT2D eigenvalue weighted by atomic mass is 32.2. The van der Waals surface area contributed by atoms with Gasteiger partial charge in [-0.2, -0.15) is 0 Å². The minimum atomic E-state index is -0.558. The first-order chi connectivity index (χ1) is 11.5. The third kappa shape index (κ3) is 4.62. The highest BCUT2D eigenvalue weighted by Crippen LogP contribution is 2.33. The monoisotopic (exact) mass is 351 g/mol. The molecule has 4 heteroatoms. The normalized spacial score (nSPS) is 16.5. The number of aliphatic hydroxyl groups is 2. The van der Waals surface area contributed by atoms with Crippen molar-refractivity contribution in [3.8, 4) is 0 Å². The molecule has 3 nitrogen and oxygen atoms in total. The van der Waals surface area contributed by atoms with Gasteiger partial charge in [0.05, 0.1) is 13.2 Å². The minimum absolute atomic E-state index is 0.0560. The molecule has 134 valence electrons. The number of aliphatic hydroxyl groups excluding tert-OH is 2. The lowest BCUT2D eigenvalue weighted by Crippen LogP contribution is -2.45. The number of Topliss-reactive ketones (excluding diaryl/α,β-unsaturated/α-hetero) is 1. The van der Waals surface area contributed by atoms with Crippen LogP contribution in [-0.4, -0.2) is 45.5 Å². The van der Waals surface area contributed by atoms with E-state index in [2.05, 4.69) is 12.1 Å². The van der Waals surface area contributed by atoms with Gasteiger partial charge in [0.25, 0.3) is 0 Å². The van der Waals surface area contributed by atoms with Crippen LogP contribution in [0.25, 0.3) is 0 Å². The fourth-order valence-electron chi connectivity index (χ4n) is 3.65. The molecule has 2 N–H and O–H groups in total. The fraction of sp³-hybridized carbons (Fsp3) is 0.650. The van der Waals surface area contributed by atoms with Gasteiger partial charge < -0.3 is 10.2 Å². The van der Waals surface area contributed by atoms with Crippen LogP contribution >= 0.6 is 0 Å². The summed E-state index contributed by atoms with van der Waals surface area (Å²) < 4.78 is -0.558. The van der Waals surface area contributed by atoms with E-state index < -0.39 is 4.75 Å². The van der Waals surface area contributed by atoms with Crippen LogP contribution in [0.5, 0.6) is 0 Å². The molecular formula is C20H31O3S+. The van der Waals surface area contributed by atoms with Crippen molar-refractivity contribution in [1.29, 1.82) is 0 Å². The lowest BCUT2D eigenvalue weighted by Gasteiger charge is -2.25. The van der Waals surface area contributed by atoms with Crippen molar-refractivity contribution in [2.75, 3.05) is 24.7 Å². The second-order valence-corrected chi connectivity index (χ2v) is 9.97. The van der Waals surface area contributed by atoms with Crippen molar-refractivity contribution in [2.45, 2.75) is 56.6 Å². The van der Waals surface area contributed by atoms with Crippen LogP contribution < -0.4 is 0 Å². The quantitative estimate of drug-likeness (QED) is 0.558. The average molecular weight is 352 g/mol. The molecule has 1 fully saturated rings. The summed E-state index contributed by atoms with van der Waals surface area (Å²) in [5.41, 5.74) is 2.10. The Kier molecular flexibility index (Phi) is 7.33. The number of carbonyl (C=O) groups is 1. The Morgan fingerprint density at radius 1 is 1.04 bits per heavy atom. The van der Waals surface area contributed by atoms with E-state index in [-0.39, 0.29) is 29.9 Å². The van der Waals surface area contributed by atoms with E-state index in [0.29, 0.717) is 17.4 Å². The number of rotatable bonds is 8. The van der Waals surface area contributed by atoms with Crippen molar-refractivity contribution < 1.29 is 15.0 Å². The molecule has 0 heterocycles. The first kappa shape index (κ1) is 19.5. The number of benzene rings is 1. The molecule has 1 saturated carbocycles. The van der Waals surface area contributed by atoms with Gasteiger partial charge in [-0.3, -0.25) is 4.79 Å². The molecule has 0 spiro atoms. The minimum Gasteiger partial charge on any atom is -0.391 e. The first-order valence-electron chi connectivity index (χ1n) is 9.04. The summed E-state index contributed by atoms with van der Waals surface area (Å²) in [4.78, 5) is 13.0. The summed E-state index contributed by atoms with van der Waals surface area (Å²) in [5, 5.41) is 18.5. The largest absolute Gasteiger partial charge is 0.391 e. The zero-order chi connectivity index (χ0) is 17.6. The van der Waals surface area contributed by atoms with Crippen molar-refractivity contribution in [3.05, 3.63) is 35.4 Å². The Morgan fingerprint density at radius 3 is 2.08 bits per heavy atom. The Morgan fingerprint density at radius 2 is 1.58 bits per heavy atom. The van der Waals surface area contributed by atoms with E-state index in [9.17, 15) is 15.0 Å². The summed E-state index contributed by atoms with van der Waals surface area (Å²) >= 11 is 0. The van der Waals surface area contributed by atoms with Crippen LogP contribution in [0, 0.1) is 0 Å². The molecule has 0 aliphatic heterocycles. The average Bonchev–Trinajstić information content (AvgIpc) is 2.62. The number of hydrogen-bond acceptors (Lipinski definition) is 3. The smallest absolute Gasteiger partial charge is 0.217 e. The predicted octanol–water partition coefficient (Wildman–Crippen LogP) is 3.30. The van der Waals surface area contributed by atoms with Crippen LogP contribution in [0.1, 0.15) is 67.8 Å². The summed E-state index contributed by atoms with van der Waals surface area (Å²) in [5.74, 6) is 1.90. The summed E-state index contributed by atoms with van der Waals surface area (Å²) in [6.07, 6.45) is 6.48. The van der Waals surface area contributed by atoms with Gasteiger partial charge in [-0.1, -0.05) is 43.5 Å². The van der Waals surface area contributed by atoms with Crippen LogP contribution in [0.15, 0.2) is 24.3 Å². The van der Waals surface area contributed by atoms with E-state index in [1.807, 2.05) is 26.0 Å². The maximum absolute atomic E-state index is 13.0. The molecule has 0 unspecified atom stereocenters. The van der Waals surface area contributed by atoms with Gasteiger partial charge in [-0.25, -0.2) is 0 Å². The molecule has 0 atom stereocenters. The second-order valence-electron chi connectivity index (χ2n) is 7.14. The van der Waals surface area contributed by atoms with Gasteiger partial charge in [-0.15, -0.1) is 0 Å². The lowest BCUT2D eigenvalue weighted by atomic mass is 9.83. The number of ketones is 1. The van der Waals surface area contributed by atoms with E-state index in [0.717, 1.165) is 5.56 Å². The van der Waals surface area contributed by atoms with E-state index in [1.54, 1.807) is 0 Å². The maximum atomic E-state index is 13.0. The van der Waals surface area contributed by atoms with Crippen LogP contribution in [0.2, 0.25) is 0 Å². The van der Waals surface area contributed by atoms with Crippen molar-refractivity contribution in [2.24, 2.45) is 0 Å². The standard InChI is InChI=1S/C20H31O3S/c1-20(2,24(14-12-21)15-13-22)19(23)18-10-8-17(9-11-18)16-6-4-3-5-7-16/h8-11,16,21-22H,3-7,12-15H2,1-2H3/q+1. The molecule has 0 aromatic heterocycles. The van der Waals surface area contributed by atoms with Gasteiger partial charge in [0, 0.05) is 16.5 Å². The Balaban J connectivity index is 2.12. The summed E-state index contributed by atoms with van der Waals surface area (Å²) in [6, 6.07) is 8.17. The van der Waals surface area contributed by atoms with Gasteiger partial charge in [0.2, 0.25) is 5.78 Å². The Hall–Kier alpha value is -0.840. The third-order valence-electron chi connectivity index (χ3n) is 5.19. The zero-order valence-electron chi connectivity index (χ0n) is 15.0. The molecule has 1 aliphatic rings. The highest BCUT2D eigenvalue weighted by molar-refractivity contribution is 7.98. The van der Waals surface area contributed by atoms with Crippen molar-refractivity contribution >= 4 is 16.7 Å². The molecule has 2 rings (SSSR count). The van der Waals surface area contributed by atoms with Crippen LogP contribution in [0.3, 0.4) is 0 Å². The zero-order valence-corrected chi connectivity index (χ0v) is 15.8. The van der Waals surface area contributed by atoms with Crippen molar-refractivity contribution in [1.82, 2.24) is 0 Å². The fourth-order valence-corrected chi connectivity index (χ4v) is 5.70. The molecule has 1 aliphatic carbocycles. The Bertz CT molecular complexity index is 512. The van der Waals surface area contributed by atoms with Gasteiger partial charge in [0.1, 0.15) is 11.5 Å². The lowest BCUT2D eigenvalue weighted by molar-refractivity contribution is 0.0956. The van der Waals surface area contributed by atoms with Crippen LogP contribution in [0.4, 0.5) is 0 Å². The molecule has 1 aromatic carbocycles. The summed E-state index contributed by atoms with van der Waals surface area (Å²) in [7, 11) is -0.325. The SMILES string of the molecule is CC(C)(C(=O)c1ccc(C2CCCCC2)cc1)[S+](CCO)CCO. The molecule has 0 bridgehead atoms. The van der Waals surface area contributed by atoms with Gasteiger partial charge in [0.15, 0.2) is 4.75 Å². The van der Waals surface area contributed by atoms with E-state index in [4.69, 9.17) is 0 Å². The van der Waals surface area contributed by atoms with Gasteiger partial charge in [-0.05, 0) is 38.2 Å². The maximum Gasteiger partial charge on any atom is 0.217 e. The van der Waals surface area contributed by atoms with Crippen LogP contribution in [-0.2, 0) is 10.9 Å². The topological polar surface area (TPSA) is 57.5 Å². The Labute approximate surface area is 148 Å². The molecule has 24 heavy (non-hydrogen) atoms. The van der Waals surface area contributed by atoms with Crippen molar-refractivity contribution in [3.63, 3.8) is 0 Å². The molecular weight excluding hydrogens is 320 g/mol. The van der Waals surface area contributed by atoms with E-state index >= 15 is 0 Å². The third-order valence-corrected chi connectivity index (χ3v) is 8.17.